The molecule has 6 aromatic rings. The molecule has 16 heteroatoms. The van der Waals surface area contributed by atoms with E-state index >= 15 is 4.39 Å². The number of hydrogen-bond acceptors (Lipinski definition) is 11. The van der Waals surface area contributed by atoms with Crippen molar-refractivity contribution in [2.45, 2.75) is 77.7 Å². The standard InChI is InChI=1S/C43H39FN6O9/c1-4-43(57)28-15-32-37-26(18-49(32)39(53)27(28)19-59-40(43)54)36-30(12-11-24-21(3)29(44)16-31(45-37)35(24)36)46-42(56)58-13-5-6-22-7-9-23(10-8-22)50-38(47-48-41(50)55)25-14-20(2)33(51)17-34(25)52/h7-10,14-17,30,51-52,57H,4-6,11-13,18-19H2,1-3H3,(H,46,56)(H,48,55)/t30-,43-/m0/s1. The van der Waals surface area contributed by atoms with Gasteiger partial charge >= 0.3 is 17.8 Å². The number of phenols is 2. The number of pyridine rings is 2. The predicted molar refractivity (Wildman–Crippen MR) is 211 cm³/mol. The number of H-pyrrole nitrogens is 1. The fourth-order valence-corrected chi connectivity index (χ4v) is 8.72. The molecule has 5 heterocycles. The Morgan fingerprint density at radius 2 is 1.85 bits per heavy atom. The van der Waals surface area contributed by atoms with Crippen LogP contribution in [0.1, 0.15) is 76.7 Å². The number of amides is 1. The minimum Gasteiger partial charge on any atom is -0.508 e. The fraction of sp³-hybridized carbons (Fsp3) is 0.302. The van der Waals surface area contributed by atoms with Gasteiger partial charge in [-0.2, -0.15) is 5.10 Å². The first-order valence-electron chi connectivity index (χ1n) is 19.3. The number of benzene rings is 3. The van der Waals surface area contributed by atoms with Gasteiger partial charge in [-0.25, -0.2) is 33.4 Å². The van der Waals surface area contributed by atoms with E-state index in [1.54, 1.807) is 45.0 Å². The predicted octanol–water partition coefficient (Wildman–Crippen LogP) is 5.13. The van der Waals surface area contributed by atoms with Crippen molar-refractivity contribution in [1.29, 1.82) is 0 Å². The van der Waals surface area contributed by atoms with Gasteiger partial charge in [-0.05, 0) is 98.0 Å². The fourth-order valence-electron chi connectivity index (χ4n) is 8.72. The van der Waals surface area contributed by atoms with Crippen LogP contribution in [0.4, 0.5) is 9.18 Å². The maximum Gasteiger partial charge on any atom is 0.407 e. The van der Waals surface area contributed by atoms with Crippen molar-refractivity contribution in [2.24, 2.45) is 0 Å². The van der Waals surface area contributed by atoms with Crippen molar-refractivity contribution < 1.29 is 38.8 Å². The Bertz CT molecular complexity index is 2900. The molecule has 3 aliphatic rings. The van der Waals surface area contributed by atoms with Crippen LogP contribution in [0.15, 0.2) is 58.1 Å². The Labute approximate surface area is 334 Å². The van der Waals surface area contributed by atoms with Gasteiger partial charge in [0, 0.05) is 28.6 Å². The summed E-state index contributed by atoms with van der Waals surface area (Å²) in [5.41, 5.74) is 3.48. The number of esters is 1. The van der Waals surface area contributed by atoms with Crippen LogP contribution in [0.2, 0.25) is 0 Å². The number of fused-ring (bicyclic) bond motifs is 5. The van der Waals surface area contributed by atoms with E-state index in [1.807, 2.05) is 12.1 Å². The van der Waals surface area contributed by atoms with Gasteiger partial charge in [-0.1, -0.05) is 19.1 Å². The molecule has 2 atom stereocenters. The highest BCUT2D eigenvalue weighted by Crippen LogP contribution is 2.46. The Balaban J connectivity index is 0.929. The number of halogens is 1. The van der Waals surface area contributed by atoms with Gasteiger partial charge in [0.2, 0.25) is 0 Å². The van der Waals surface area contributed by atoms with E-state index in [0.717, 1.165) is 22.1 Å². The summed E-state index contributed by atoms with van der Waals surface area (Å²) in [7, 11) is 0. The van der Waals surface area contributed by atoms with Crippen LogP contribution >= 0.6 is 0 Å². The summed E-state index contributed by atoms with van der Waals surface area (Å²) in [6.45, 7) is 4.96. The number of aromatic hydroxyl groups is 2. The van der Waals surface area contributed by atoms with Crippen molar-refractivity contribution in [2.75, 3.05) is 6.61 Å². The molecule has 302 valence electrons. The van der Waals surface area contributed by atoms with Gasteiger partial charge in [0.1, 0.15) is 23.9 Å². The van der Waals surface area contributed by atoms with Crippen molar-refractivity contribution in [1.82, 2.24) is 29.6 Å². The zero-order chi connectivity index (χ0) is 41.5. The molecule has 9 rings (SSSR count). The lowest BCUT2D eigenvalue weighted by atomic mass is 9.81. The average Bonchev–Trinajstić information content (AvgIpc) is 3.79. The van der Waals surface area contributed by atoms with Gasteiger partial charge in [-0.3, -0.25) is 4.79 Å². The third kappa shape index (κ3) is 5.96. The first-order chi connectivity index (χ1) is 28.3. The summed E-state index contributed by atoms with van der Waals surface area (Å²) in [5.74, 6) is -1.38. The lowest BCUT2D eigenvalue weighted by Crippen LogP contribution is -2.44. The van der Waals surface area contributed by atoms with E-state index in [2.05, 4.69) is 15.5 Å². The molecule has 0 radical (unpaired) electrons. The molecular weight excluding hydrogens is 764 g/mol. The molecule has 0 saturated heterocycles. The van der Waals surface area contributed by atoms with Gasteiger partial charge in [0.25, 0.3) is 5.56 Å². The number of aliphatic hydroxyl groups is 1. The number of nitrogens with zero attached hydrogens (tertiary/aromatic N) is 4. The number of rotatable bonds is 8. The van der Waals surface area contributed by atoms with E-state index in [9.17, 15) is 34.5 Å². The molecule has 0 unspecified atom stereocenters. The van der Waals surface area contributed by atoms with Crippen molar-refractivity contribution in [3.05, 3.63) is 120 Å². The number of nitrogens with one attached hydrogen (secondary N) is 2. The summed E-state index contributed by atoms with van der Waals surface area (Å²) in [6, 6.07) is 12.3. The first-order valence-corrected chi connectivity index (χ1v) is 19.3. The Kier molecular flexibility index (Phi) is 8.92. The molecule has 2 aliphatic heterocycles. The summed E-state index contributed by atoms with van der Waals surface area (Å²) in [4.78, 5) is 57.6. The second kappa shape index (κ2) is 13.9. The zero-order valence-electron chi connectivity index (χ0n) is 32.3. The first kappa shape index (κ1) is 37.7. The van der Waals surface area contributed by atoms with Crippen LogP contribution in [-0.4, -0.2) is 58.3 Å². The van der Waals surface area contributed by atoms with Gasteiger partial charge < -0.3 is 34.7 Å². The van der Waals surface area contributed by atoms with Crippen LogP contribution in [-0.2, 0) is 45.9 Å². The van der Waals surface area contributed by atoms with E-state index < -0.39 is 40.8 Å². The number of carbonyl (C=O) groups excluding carboxylic acids is 2. The van der Waals surface area contributed by atoms with Gasteiger partial charge in [0.15, 0.2) is 11.4 Å². The molecule has 1 amide bonds. The number of aromatic amines is 1. The van der Waals surface area contributed by atoms with Crippen LogP contribution in [0.25, 0.3) is 39.4 Å². The number of aromatic nitrogens is 5. The quantitative estimate of drug-likeness (QED) is 0.100. The van der Waals surface area contributed by atoms with E-state index in [1.165, 1.54) is 21.3 Å². The molecule has 15 nitrogen and oxygen atoms in total. The Morgan fingerprint density at radius 3 is 2.61 bits per heavy atom. The third-order valence-corrected chi connectivity index (χ3v) is 11.9. The number of alkyl carbamates (subject to hydrolysis) is 1. The normalized spacial score (nSPS) is 17.6. The molecule has 3 aromatic heterocycles. The van der Waals surface area contributed by atoms with Crippen molar-refractivity contribution in [3.8, 4) is 40.0 Å². The number of phenolic OH excluding ortho intramolecular Hbond substituents is 2. The molecule has 5 N–H and O–H groups in total. The summed E-state index contributed by atoms with van der Waals surface area (Å²) in [6.07, 6.45) is 1.31. The molecule has 1 aliphatic carbocycles. The minimum absolute atomic E-state index is 0.00983. The Morgan fingerprint density at radius 1 is 1.07 bits per heavy atom. The smallest absolute Gasteiger partial charge is 0.407 e. The van der Waals surface area contributed by atoms with Crippen molar-refractivity contribution in [3.63, 3.8) is 0 Å². The largest absolute Gasteiger partial charge is 0.508 e. The van der Waals surface area contributed by atoms with Crippen LogP contribution in [0.5, 0.6) is 11.5 Å². The summed E-state index contributed by atoms with van der Waals surface area (Å²) in [5, 5.41) is 42.0. The summed E-state index contributed by atoms with van der Waals surface area (Å²) < 4.78 is 29.0. The molecular formula is C43H39FN6O9. The van der Waals surface area contributed by atoms with E-state index in [4.69, 9.17) is 14.5 Å². The number of hydrogen-bond donors (Lipinski definition) is 5. The molecule has 0 spiro atoms. The highest BCUT2D eigenvalue weighted by Gasteiger charge is 2.46. The molecule has 0 bridgehead atoms. The summed E-state index contributed by atoms with van der Waals surface area (Å²) >= 11 is 0. The van der Waals surface area contributed by atoms with Crippen LogP contribution in [0, 0.1) is 19.7 Å². The van der Waals surface area contributed by atoms with Crippen molar-refractivity contribution >= 4 is 23.0 Å². The molecule has 59 heavy (non-hydrogen) atoms. The number of carbonyl (C=O) groups is 2. The average molecular weight is 803 g/mol. The second-order valence-electron chi connectivity index (χ2n) is 15.3. The molecule has 0 fully saturated rings. The maximum atomic E-state index is 15.3. The topological polar surface area (TPSA) is 211 Å². The number of aryl methyl sites for hydroxylation is 3. The highest BCUT2D eigenvalue weighted by molar-refractivity contribution is 5.93. The van der Waals surface area contributed by atoms with Crippen LogP contribution in [0.3, 0.4) is 0 Å². The zero-order valence-corrected chi connectivity index (χ0v) is 32.3. The molecule has 0 saturated carbocycles. The van der Waals surface area contributed by atoms with Gasteiger partial charge in [-0.15, -0.1) is 0 Å². The monoisotopic (exact) mass is 802 g/mol. The second-order valence-corrected chi connectivity index (χ2v) is 15.3. The van der Waals surface area contributed by atoms with Crippen LogP contribution < -0.4 is 16.6 Å². The van der Waals surface area contributed by atoms with Gasteiger partial charge in [0.05, 0.1) is 52.9 Å². The SMILES string of the molecule is CC[C@@]1(O)C(=O)OCc2c1cc1n(c2=O)Cc2c-1nc1cc(F)c(C)c3c1c2[C@@H](NC(=O)OCCCc1ccc(-n2c(-c4cc(C)c(O)cc4O)n[nH]c2=O)cc1)CC3. The Hall–Kier alpha value is -6.81. The lowest BCUT2D eigenvalue weighted by Gasteiger charge is -2.31. The number of cyclic esters (lactones) is 1. The molecule has 3 aromatic carbocycles. The highest BCUT2D eigenvalue weighted by atomic mass is 19.1. The number of ether oxygens (including phenoxy) is 2. The third-order valence-electron chi connectivity index (χ3n) is 11.9. The minimum atomic E-state index is -2.00. The lowest BCUT2D eigenvalue weighted by molar-refractivity contribution is -0.172. The van der Waals surface area contributed by atoms with E-state index in [0.29, 0.717) is 65.0 Å². The maximum absolute atomic E-state index is 15.3. The van der Waals surface area contributed by atoms with E-state index in [-0.39, 0.29) is 60.2 Å².